The summed E-state index contributed by atoms with van der Waals surface area (Å²) in [6.07, 6.45) is 2.38. The van der Waals surface area contributed by atoms with Gasteiger partial charge in [-0.1, -0.05) is 12.1 Å². The number of nitrogens with one attached hydrogen (secondary N) is 1. The monoisotopic (exact) mass is 374 g/mol. The van der Waals surface area contributed by atoms with E-state index in [4.69, 9.17) is 0 Å². The van der Waals surface area contributed by atoms with Crippen molar-refractivity contribution in [2.45, 2.75) is 18.7 Å². The van der Waals surface area contributed by atoms with Crippen molar-refractivity contribution in [3.63, 3.8) is 0 Å². The lowest BCUT2D eigenvalue weighted by atomic mass is 10.2. The molecule has 7 nitrogen and oxygen atoms in total. The first kappa shape index (κ1) is 18.2. The number of sulfonamides is 1. The van der Waals surface area contributed by atoms with E-state index >= 15 is 0 Å². The van der Waals surface area contributed by atoms with E-state index in [1.54, 1.807) is 36.1 Å². The van der Waals surface area contributed by atoms with Gasteiger partial charge in [0.1, 0.15) is 5.82 Å². The van der Waals surface area contributed by atoms with Crippen molar-refractivity contribution in [3.05, 3.63) is 47.7 Å². The summed E-state index contributed by atoms with van der Waals surface area (Å²) in [7, 11) is -3.66. The van der Waals surface area contributed by atoms with Crippen molar-refractivity contribution in [2.24, 2.45) is 0 Å². The Morgan fingerprint density at radius 2 is 1.81 bits per heavy atom. The van der Waals surface area contributed by atoms with Gasteiger partial charge in [0.05, 0.1) is 16.8 Å². The van der Waals surface area contributed by atoms with Crippen molar-refractivity contribution in [2.75, 3.05) is 35.8 Å². The Labute approximate surface area is 153 Å². The summed E-state index contributed by atoms with van der Waals surface area (Å²) in [5, 5.41) is 0. The molecule has 0 aliphatic carbocycles. The predicted octanol–water partition coefficient (Wildman–Crippen LogP) is 1.78. The molecule has 2 heterocycles. The number of hydrogen-bond donors (Lipinski definition) is 1. The number of nitrogens with zero attached hydrogens (tertiary/aromatic N) is 3. The largest absolute Gasteiger partial charge is 0.353 e. The zero-order valence-corrected chi connectivity index (χ0v) is 15.7. The molecule has 1 aliphatic heterocycles. The van der Waals surface area contributed by atoms with E-state index in [1.807, 2.05) is 13.0 Å². The van der Waals surface area contributed by atoms with E-state index in [9.17, 15) is 13.2 Å². The third-order valence-electron chi connectivity index (χ3n) is 4.42. The van der Waals surface area contributed by atoms with E-state index in [2.05, 4.69) is 14.6 Å². The Hall–Kier alpha value is -2.61. The van der Waals surface area contributed by atoms with Crippen LogP contribution < -0.4 is 9.62 Å². The van der Waals surface area contributed by atoms with Crippen LogP contribution >= 0.6 is 0 Å². The highest BCUT2D eigenvalue weighted by molar-refractivity contribution is 7.92. The smallest absolute Gasteiger partial charge is 0.262 e. The molecule has 26 heavy (non-hydrogen) atoms. The molecule has 0 spiro atoms. The number of pyridine rings is 1. The Balaban J connectivity index is 1.73. The highest BCUT2D eigenvalue weighted by Crippen LogP contribution is 2.22. The number of carbonyl (C=O) groups is 1. The van der Waals surface area contributed by atoms with Gasteiger partial charge in [0.25, 0.3) is 10.0 Å². The second-order valence-electron chi connectivity index (χ2n) is 6.41. The molecule has 1 aliphatic rings. The van der Waals surface area contributed by atoms with Crippen LogP contribution in [0.5, 0.6) is 0 Å². The number of rotatable bonds is 5. The summed E-state index contributed by atoms with van der Waals surface area (Å²) in [4.78, 5) is 19.2. The Morgan fingerprint density at radius 3 is 2.42 bits per heavy atom. The molecule has 1 amide bonds. The van der Waals surface area contributed by atoms with Crippen LogP contribution in [0.2, 0.25) is 0 Å². The van der Waals surface area contributed by atoms with Crippen molar-refractivity contribution in [1.82, 2.24) is 9.88 Å². The minimum absolute atomic E-state index is 0.270. The summed E-state index contributed by atoms with van der Waals surface area (Å²) in [6, 6.07) is 8.83. The SMILES string of the molecule is Cc1ccc(C)c(S(=O)(=O)Nc2ccc(N3CCN(C=O)CC3)nc2)c1. The molecular formula is C18H22N4O3S. The molecule has 8 heteroatoms. The zero-order chi connectivity index (χ0) is 18.7. The first-order valence-corrected chi connectivity index (χ1v) is 9.88. The fourth-order valence-corrected chi connectivity index (χ4v) is 4.27. The molecule has 0 atom stereocenters. The molecule has 0 saturated carbocycles. The maximum absolute atomic E-state index is 12.6. The van der Waals surface area contributed by atoms with Crippen LogP contribution in [0.4, 0.5) is 11.5 Å². The van der Waals surface area contributed by atoms with Gasteiger partial charge in [-0.2, -0.15) is 0 Å². The number of aromatic nitrogens is 1. The Bertz CT molecular complexity index is 889. The molecule has 1 fully saturated rings. The average Bonchev–Trinajstić information content (AvgIpc) is 2.64. The van der Waals surface area contributed by atoms with Crippen LogP contribution in [0.3, 0.4) is 0 Å². The van der Waals surface area contributed by atoms with Gasteiger partial charge in [-0.15, -0.1) is 0 Å². The molecule has 2 aromatic rings. The van der Waals surface area contributed by atoms with Gasteiger partial charge in [0, 0.05) is 26.2 Å². The maximum atomic E-state index is 12.6. The van der Waals surface area contributed by atoms with E-state index in [-0.39, 0.29) is 4.90 Å². The van der Waals surface area contributed by atoms with E-state index in [0.717, 1.165) is 17.8 Å². The lowest BCUT2D eigenvalue weighted by Gasteiger charge is -2.33. The molecule has 3 rings (SSSR count). The molecule has 1 aromatic carbocycles. The van der Waals surface area contributed by atoms with Crippen molar-refractivity contribution in [1.29, 1.82) is 0 Å². The van der Waals surface area contributed by atoms with E-state index < -0.39 is 10.0 Å². The van der Waals surface area contributed by atoms with Crippen LogP contribution in [-0.4, -0.2) is 50.9 Å². The molecule has 1 N–H and O–H groups in total. The Morgan fingerprint density at radius 1 is 1.08 bits per heavy atom. The second-order valence-corrected chi connectivity index (χ2v) is 8.06. The van der Waals surface area contributed by atoms with Crippen LogP contribution in [0.1, 0.15) is 11.1 Å². The highest BCUT2D eigenvalue weighted by Gasteiger charge is 2.19. The van der Waals surface area contributed by atoms with E-state index in [0.29, 0.717) is 37.4 Å². The third kappa shape index (κ3) is 3.96. The molecule has 138 valence electrons. The van der Waals surface area contributed by atoms with Crippen molar-refractivity contribution >= 4 is 27.9 Å². The number of carbonyl (C=O) groups excluding carboxylic acids is 1. The number of hydrogen-bond acceptors (Lipinski definition) is 5. The van der Waals surface area contributed by atoms with Crippen molar-refractivity contribution in [3.8, 4) is 0 Å². The standard InChI is InChI=1S/C18H22N4O3S/c1-14-3-4-15(2)17(11-14)26(24,25)20-16-5-6-18(19-12-16)22-9-7-21(13-23)8-10-22/h3-6,11-13,20H,7-10H2,1-2H3. The van der Waals surface area contributed by atoms with Gasteiger partial charge >= 0.3 is 0 Å². The number of benzene rings is 1. The zero-order valence-electron chi connectivity index (χ0n) is 14.8. The number of aryl methyl sites for hydroxylation is 2. The van der Waals surface area contributed by atoms with Gasteiger partial charge in [0.15, 0.2) is 0 Å². The van der Waals surface area contributed by atoms with Gasteiger partial charge in [-0.25, -0.2) is 13.4 Å². The lowest BCUT2D eigenvalue weighted by molar-refractivity contribution is -0.118. The van der Waals surface area contributed by atoms with Crippen LogP contribution in [-0.2, 0) is 14.8 Å². The lowest BCUT2D eigenvalue weighted by Crippen LogP contribution is -2.46. The van der Waals surface area contributed by atoms with Gasteiger partial charge in [-0.05, 0) is 43.2 Å². The topological polar surface area (TPSA) is 82.6 Å². The fourth-order valence-electron chi connectivity index (χ4n) is 2.90. The van der Waals surface area contributed by atoms with Gasteiger partial charge < -0.3 is 9.80 Å². The summed E-state index contributed by atoms with van der Waals surface area (Å²) in [5.74, 6) is 0.769. The average molecular weight is 374 g/mol. The van der Waals surface area contributed by atoms with Crippen LogP contribution in [0.25, 0.3) is 0 Å². The summed E-state index contributed by atoms with van der Waals surface area (Å²) in [6.45, 7) is 6.37. The molecular weight excluding hydrogens is 352 g/mol. The normalized spacial score (nSPS) is 15.0. The highest BCUT2D eigenvalue weighted by atomic mass is 32.2. The summed E-state index contributed by atoms with van der Waals surface area (Å²) < 4.78 is 27.9. The molecule has 0 bridgehead atoms. The summed E-state index contributed by atoms with van der Waals surface area (Å²) in [5.41, 5.74) is 2.00. The van der Waals surface area contributed by atoms with Gasteiger partial charge in [-0.3, -0.25) is 9.52 Å². The number of amides is 1. The van der Waals surface area contributed by atoms with Gasteiger partial charge in [0.2, 0.25) is 6.41 Å². The molecule has 1 aromatic heterocycles. The third-order valence-corrected chi connectivity index (χ3v) is 5.94. The number of anilines is 2. The molecule has 0 radical (unpaired) electrons. The van der Waals surface area contributed by atoms with Crippen molar-refractivity contribution < 1.29 is 13.2 Å². The van der Waals surface area contributed by atoms with Crippen LogP contribution in [0, 0.1) is 13.8 Å². The first-order chi connectivity index (χ1) is 12.4. The van der Waals surface area contributed by atoms with E-state index in [1.165, 1.54) is 6.20 Å². The minimum Gasteiger partial charge on any atom is -0.353 e. The molecule has 1 saturated heterocycles. The Kier molecular flexibility index (Phi) is 5.13. The minimum atomic E-state index is -3.66. The summed E-state index contributed by atoms with van der Waals surface area (Å²) >= 11 is 0. The fraction of sp³-hybridized carbons (Fsp3) is 0.333. The number of piperazine rings is 1. The molecule has 0 unspecified atom stereocenters. The quantitative estimate of drug-likeness (QED) is 0.807. The second kappa shape index (κ2) is 7.33. The van der Waals surface area contributed by atoms with Crippen LogP contribution in [0.15, 0.2) is 41.4 Å². The first-order valence-electron chi connectivity index (χ1n) is 8.39. The maximum Gasteiger partial charge on any atom is 0.262 e. The predicted molar refractivity (Wildman–Crippen MR) is 101 cm³/mol.